The minimum Gasteiger partial charge on any atom is -0.267 e. The number of amides is 1. The second kappa shape index (κ2) is 6.14. The molecule has 0 radical (unpaired) electrons. The lowest BCUT2D eigenvalue weighted by Gasteiger charge is -2.17. The summed E-state index contributed by atoms with van der Waals surface area (Å²) in [5.74, 6) is -0.145. The van der Waals surface area contributed by atoms with E-state index in [9.17, 15) is 4.79 Å². The molecule has 22 heavy (non-hydrogen) atoms. The van der Waals surface area contributed by atoms with Gasteiger partial charge in [-0.25, -0.2) is 5.43 Å². The molecule has 0 saturated heterocycles. The summed E-state index contributed by atoms with van der Waals surface area (Å²) in [5, 5.41) is 4.38. The molecule has 2 aromatic carbocycles. The Balaban J connectivity index is 1.81. The normalized spacial score (nSPS) is 15.5. The highest BCUT2D eigenvalue weighted by molar-refractivity contribution is 6.04. The van der Waals surface area contributed by atoms with E-state index < -0.39 is 0 Å². The Morgan fingerprint density at radius 2 is 1.91 bits per heavy atom. The van der Waals surface area contributed by atoms with Crippen LogP contribution in [0.4, 0.5) is 0 Å². The molecule has 0 fully saturated rings. The molecule has 0 unspecified atom stereocenters. The van der Waals surface area contributed by atoms with Gasteiger partial charge in [0.25, 0.3) is 5.91 Å². The number of fused-ring (bicyclic) bond motifs is 1. The second-order valence-electron chi connectivity index (χ2n) is 5.83. The molecule has 0 bridgehead atoms. The number of carbonyl (C=O) groups excluding carboxylic acids is 1. The van der Waals surface area contributed by atoms with Crippen LogP contribution in [0.2, 0.25) is 0 Å². The molecule has 0 aliphatic heterocycles. The van der Waals surface area contributed by atoms with Crippen molar-refractivity contribution in [3.05, 3.63) is 70.3 Å². The number of hydrazone groups is 1. The summed E-state index contributed by atoms with van der Waals surface area (Å²) in [6.07, 6.45) is 3.07. The number of aryl methyl sites for hydroxylation is 3. The molecule has 2 aromatic rings. The third-order valence-electron chi connectivity index (χ3n) is 4.11. The minimum absolute atomic E-state index is 0.145. The zero-order chi connectivity index (χ0) is 15.5. The average molecular weight is 292 g/mol. The van der Waals surface area contributed by atoms with Gasteiger partial charge in [0.15, 0.2) is 0 Å². The van der Waals surface area contributed by atoms with Gasteiger partial charge in [-0.2, -0.15) is 5.10 Å². The molecule has 0 heterocycles. The van der Waals surface area contributed by atoms with Crippen LogP contribution in [0.15, 0.2) is 47.6 Å². The monoisotopic (exact) mass is 292 g/mol. The van der Waals surface area contributed by atoms with Gasteiger partial charge < -0.3 is 0 Å². The number of nitrogens with zero attached hydrogens (tertiary/aromatic N) is 1. The first-order valence-electron chi connectivity index (χ1n) is 7.67. The van der Waals surface area contributed by atoms with Crippen molar-refractivity contribution < 1.29 is 4.79 Å². The third kappa shape index (κ3) is 2.93. The van der Waals surface area contributed by atoms with Crippen LogP contribution in [0.5, 0.6) is 0 Å². The molecule has 3 heteroatoms. The van der Waals surface area contributed by atoms with Crippen molar-refractivity contribution in [1.82, 2.24) is 5.43 Å². The highest BCUT2D eigenvalue weighted by Crippen LogP contribution is 2.21. The predicted octanol–water partition coefficient (Wildman–Crippen LogP) is 3.77. The fourth-order valence-electron chi connectivity index (χ4n) is 2.96. The molecule has 0 aromatic heterocycles. The third-order valence-corrected chi connectivity index (χ3v) is 4.11. The molecule has 3 nitrogen and oxygen atoms in total. The second-order valence-corrected chi connectivity index (χ2v) is 5.83. The van der Waals surface area contributed by atoms with Gasteiger partial charge in [0.05, 0.1) is 5.71 Å². The number of benzene rings is 2. The lowest BCUT2D eigenvalue weighted by Crippen LogP contribution is -2.22. The quantitative estimate of drug-likeness (QED) is 0.841. The summed E-state index contributed by atoms with van der Waals surface area (Å²) in [5.41, 5.74) is 8.97. The summed E-state index contributed by atoms with van der Waals surface area (Å²) in [7, 11) is 0. The van der Waals surface area contributed by atoms with E-state index >= 15 is 0 Å². The Morgan fingerprint density at radius 1 is 1.09 bits per heavy atom. The van der Waals surface area contributed by atoms with Crippen LogP contribution in [-0.2, 0) is 6.42 Å². The van der Waals surface area contributed by atoms with Crippen LogP contribution in [0.25, 0.3) is 0 Å². The first-order chi connectivity index (χ1) is 10.6. The molecule has 1 N–H and O–H groups in total. The molecule has 1 amide bonds. The highest BCUT2D eigenvalue weighted by atomic mass is 16.2. The fourth-order valence-corrected chi connectivity index (χ4v) is 2.96. The first kappa shape index (κ1) is 14.5. The van der Waals surface area contributed by atoms with Crippen LogP contribution in [0.3, 0.4) is 0 Å². The summed E-state index contributed by atoms with van der Waals surface area (Å²) in [6, 6.07) is 14.1. The van der Waals surface area contributed by atoms with E-state index in [-0.39, 0.29) is 5.91 Å². The summed E-state index contributed by atoms with van der Waals surface area (Å²) in [6.45, 7) is 3.97. The molecule has 1 aliphatic rings. The molecule has 0 spiro atoms. The van der Waals surface area contributed by atoms with Gasteiger partial charge in [-0.05, 0) is 50.3 Å². The predicted molar refractivity (Wildman–Crippen MR) is 89.3 cm³/mol. The van der Waals surface area contributed by atoms with Gasteiger partial charge >= 0.3 is 0 Å². The Hall–Kier alpha value is -2.42. The van der Waals surface area contributed by atoms with Crippen molar-refractivity contribution in [1.29, 1.82) is 0 Å². The highest BCUT2D eigenvalue weighted by Gasteiger charge is 2.15. The van der Waals surface area contributed by atoms with E-state index in [1.165, 1.54) is 5.56 Å². The van der Waals surface area contributed by atoms with E-state index in [0.29, 0.717) is 5.56 Å². The standard InChI is InChI=1S/C19H20N2O/c1-13-10-11-16(14(2)12-13)19(22)21-20-18-9-5-7-15-6-3-4-8-17(15)18/h3-4,6,8,10-12H,5,7,9H2,1-2H3,(H,21,22). The van der Waals surface area contributed by atoms with Crippen LogP contribution in [0.1, 0.15) is 45.5 Å². The fraction of sp³-hybridized carbons (Fsp3) is 0.263. The zero-order valence-corrected chi connectivity index (χ0v) is 13.0. The number of hydrogen-bond acceptors (Lipinski definition) is 2. The number of nitrogens with one attached hydrogen (secondary N) is 1. The molecule has 1 aliphatic carbocycles. The van der Waals surface area contributed by atoms with Crippen molar-refractivity contribution in [2.24, 2.45) is 5.10 Å². The van der Waals surface area contributed by atoms with Crippen LogP contribution >= 0.6 is 0 Å². The smallest absolute Gasteiger partial charge is 0.267 e. The SMILES string of the molecule is Cc1ccc(C(=O)NN=C2CCCc3ccccc32)c(C)c1. The van der Waals surface area contributed by atoms with Gasteiger partial charge in [0.1, 0.15) is 0 Å². The summed E-state index contributed by atoms with van der Waals surface area (Å²) in [4.78, 5) is 12.3. The summed E-state index contributed by atoms with van der Waals surface area (Å²) >= 11 is 0. The average Bonchev–Trinajstić information content (AvgIpc) is 2.52. The Bertz CT molecular complexity index is 747. The van der Waals surface area contributed by atoms with E-state index in [0.717, 1.165) is 41.7 Å². The Kier molecular flexibility index (Phi) is 4.05. The maximum absolute atomic E-state index is 12.3. The van der Waals surface area contributed by atoms with Crippen molar-refractivity contribution in [3.8, 4) is 0 Å². The van der Waals surface area contributed by atoms with Gasteiger partial charge in [-0.15, -0.1) is 0 Å². The van der Waals surface area contributed by atoms with E-state index in [4.69, 9.17) is 0 Å². The maximum Gasteiger partial charge on any atom is 0.271 e. The molecular formula is C19H20N2O. The first-order valence-corrected chi connectivity index (χ1v) is 7.67. The van der Waals surface area contributed by atoms with Crippen molar-refractivity contribution in [2.45, 2.75) is 33.1 Å². The molecular weight excluding hydrogens is 272 g/mol. The van der Waals surface area contributed by atoms with Crippen LogP contribution < -0.4 is 5.43 Å². The number of carbonyl (C=O) groups is 1. The lowest BCUT2D eigenvalue weighted by molar-refractivity contribution is 0.0954. The van der Waals surface area contributed by atoms with Crippen LogP contribution in [0, 0.1) is 13.8 Å². The van der Waals surface area contributed by atoms with Crippen molar-refractivity contribution >= 4 is 11.6 Å². The van der Waals surface area contributed by atoms with Crippen molar-refractivity contribution in [2.75, 3.05) is 0 Å². The van der Waals surface area contributed by atoms with Gasteiger partial charge in [0.2, 0.25) is 0 Å². The molecule has 112 valence electrons. The molecule has 3 rings (SSSR count). The lowest BCUT2D eigenvalue weighted by atomic mass is 9.90. The number of hydrogen-bond donors (Lipinski definition) is 1. The number of rotatable bonds is 2. The minimum atomic E-state index is -0.145. The van der Waals surface area contributed by atoms with Crippen LogP contribution in [-0.4, -0.2) is 11.6 Å². The molecule has 0 saturated carbocycles. The van der Waals surface area contributed by atoms with E-state index in [1.807, 2.05) is 38.1 Å². The maximum atomic E-state index is 12.3. The Labute approximate surface area is 131 Å². The molecule has 0 atom stereocenters. The largest absolute Gasteiger partial charge is 0.271 e. The van der Waals surface area contributed by atoms with Gasteiger partial charge in [-0.3, -0.25) is 4.79 Å². The zero-order valence-electron chi connectivity index (χ0n) is 13.0. The van der Waals surface area contributed by atoms with Crippen molar-refractivity contribution in [3.63, 3.8) is 0 Å². The summed E-state index contributed by atoms with van der Waals surface area (Å²) < 4.78 is 0. The van der Waals surface area contributed by atoms with Gasteiger partial charge in [-0.1, -0.05) is 42.0 Å². The van der Waals surface area contributed by atoms with Gasteiger partial charge in [0, 0.05) is 11.1 Å². The topological polar surface area (TPSA) is 41.5 Å². The van der Waals surface area contributed by atoms with E-state index in [1.54, 1.807) is 0 Å². The Morgan fingerprint density at radius 3 is 2.73 bits per heavy atom. The van der Waals surface area contributed by atoms with E-state index in [2.05, 4.69) is 28.7 Å².